The van der Waals surface area contributed by atoms with E-state index in [1.165, 1.54) is 22.3 Å². The molecule has 0 aliphatic carbocycles. The van der Waals surface area contributed by atoms with Gasteiger partial charge in [-0.05, 0) is 61.9 Å². The van der Waals surface area contributed by atoms with Crippen LogP contribution in [0.1, 0.15) is 46.6 Å². The minimum absolute atomic E-state index is 0.584. The third-order valence-electron chi connectivity index (χ3n) is 5.09. The van der Waals surface area contributed by atoms with Crippen molar-refractivity contribution in [2.45, 2.75) is 32.6 Å². The SMILES string of the molecule is C=C(c1cc(C)ccc1C)N1CCC(c2ccc(C#N)cc2)CC1. The van der Waals surface area contributed by atoms with Crippen molar-refractivity contribution in [3.63, 3.8) is 0 Å². The number of benzene rings is 2. The van der Waals surface area contributed by atoms with E-state index in [0.29, 0.717) is 5.92 Å². The van der Waals surface area contributed by atoms with Crippen molar-refractivity contribution in [2.24, 2.45) is 0 Å². The fraction of sp³-hybridized carbons (Fsp3) is 0.318. The van der Waals surface area contributed by atoms with Gasteiger partial charge in [-0.1, -0.05) is 36.4 Å². The van der Waals surface area contributed by atoms with Crippen LogP contribution in [0.25, 0.3) is 5.70 Å². The summed E-state index contributed by atoms with van der Waals surface area (Å²) in [5, 5.41) is 8.92. The Hall–Kier alpha value is -2.53. The van der Waals surface area contributed by atoms with Crippen molar-refractivity contribution < 1.29 is 0 Å². The average Bonchev–Trinajstić information content (AvgIpc) is 2.63. The fourth-order valence-electron chi connectivity index (χ4n) is 3.53. The number of hydrogen-bond donors (Lipinski definition) is 0. The molecule has 24 heavy (non-hydrogen) atoms. The molecule has 1 aliphatic heterocycles. The number of likely N-dealkylation sites (tertiary alicyclic amines) is 1. The Labute approximate surface area is 145 Å². The molecule has 0 atom stereocenters. The predicted octanol–water partition coefficient (Wildman–Crippen LogP) is 5.03. The van der Waals surface area contributed by atoms with Crippen molar-refractivity contribution in [2.75, 3.05) is 13.1 Å². The van der Waals surface area contributed by atoms with Crippen LogP contribution in [0.2, 0.25) is 0 Å². The minimum Gasteiger partial charge on any atom is -0.371 e. The van der Waals surface area contributed by atoms with Crippen LogP contribution in [0, 0.1) is 25.2 Å². The summed E-state index contributed by atoms with van der Waals surface area (Å²) in [5.74, 6) is 0.584. The Morgan fingerprint density at radius 1 is 1.08 bits per heavy atom. The number of hydrogen-bond acceptors (Lipinski definition) is 2. The van der Waals surface area contributed by atoms with Crippen LogP contribution in [-0.2, 0) is 0 Å². The molecule has 0 unspecified atom stereocenters. The highest BCUT2D eigenvalue weighted by Gasteiger charge is 2.22. The van der Waals surface area contributed by atoms with Crippen LogP contribution < -0.4 is 0 Å². The lowest BCUT2D eigenvalue weighted by Crippen LogP contribution is -2.31. The van der Waals surface area contributed by atoms with Crippen LogP contribution in [0.4, 0.5) is 0 Å². The minimum atomic E-state index is 0.584. The van der Waals surface area contributed by atoms with Crippen molar-refractivity contribution in [3.05, 3.63) is 76.9 Å². The second kappa shape index (κ2) is 6.93. The van der Waals surface area contributed by atoms with Gasteiger partial charge in [-0.25, -0.2) is 0 Å². The first-order valence-electron chi connectivity index (χ1n) is 8.60. The Balaban J connectivity index is 1.67. The van der Waals surface area contributed by atoms with Gasteiger partial charge in [-0.2, -0.15) is 5.26 Å². The maximum absolute atomic E-state index is 8.92. The van der Waals surface area contributed by atoms with E-state index in [4.69, 9.17) is 5.26 Å². The number of aryl methyl sites for hydroxylation is 2. The van der Waals surface area contributed by atoms with Crippen LogP contribution in [0.15, 0.2) is 49.0 Å². The molecule has 0 spiro atoms. The lowest BCUT2D eigenvalue weighted by atomic mass is 9.88. The number of nitrogens with zero attached hydrogens (tertiary/aromatic N) is 2. The molecule has 1 heterocycles. The molecule has 1 fully saturated rings. The summed E-state index contributed by atoms with van der Waals surface area (Å²) < 4.78 is 0. The maximum atomic E-state index is 8.92. The molecule has 0 radical (unpaired) electrons. The molecule has 0 saturated carbocycles. The van der Waals surface area contributed by atoms with E-state index < -0.39 is 0 Å². The van der Waals surface area contributed by atoms with Crippen molar-refractivity contribution in [1.29, 1.82) is 5.26 Å². The largest absolute Gasteiger partial charge is 0.371 e. The van der Waals surface area contributed by atoms with Gasteiger partial charge in [0.05, 0.1) is 11.6 Å². The molecule has 0 aromatic heterocycles. The van der Waals surface area contributed by atoms with Gasteiger partial charge in [0.25, 0.3) is 0 Å². The Morgan fingerprint density at radius 3 is 2.38 bits per heavy atom. The van der Waals surface area contributed by atoms with Gasteiger partial charge in [0.15, 0.2) is 0 Å². The monoisotopic (exact) mass is 316 g/mol. The molecule has 2 aromatic carbocycles. The number of piperidine rings is 1. The molecular weight excluding hydrogens is 292 g/mol. The number of rotatable bonds is 3. The summed E-state index contributed by atoms with van der Waals surface area (Å²) >= 11 is 0. The van der Waals surface area contributed by atoms with Gasteiger partial charge in [-0.15, -0.1) is 0 Å². The predicted molar refractivity (Wildman–Crippen MR) is 99.7 cm³/mol. The molecule has 2 nitrogen and oxygen atoms in total. The molecule has 122 valence electrons. The number of nitriles is 1. The van der Waals surface area contributed by atoms with E-state index >= 15 is 0 Å². The van der Waals surface area contributed by atoms with Crippen LogP contribution in [-0.4, -0.2) is 18.0 Å². The molecule has 2 heteroatoms. The zero-order chi connectivity index (χ0) is 17.1. The zero-order valence-electron chi connectivity index (χ0n) is 14.5. The van der Waals surface area contributed by atoms with Crippen molar-refractivity contribution in [3.8, 4) is 6.07 Å². The first kappa shape index (κ1) is 16.3. The summed E-state index contributed by atoms with van der Waals surface area (Å²) in [6, 6.07) is 16.8. The summed E-state index contributed by atoms with van der Waals surface area (Å²) in [4.78, 5) is 2.42. The van der Waals surface area contributed by atoms with E-state index in [-0.39, 0.29) is 0 Å². The average molecular weight is 316 g/mol. The third-order valence-corrected chi connectivity index (χ3v) is 5.09. The molecule has 0 N–H and O–H groups in total. The van der Waals surface area contributed by atoms with E-state index in [2.05, 4.69) is 61.7 Å². The van der Waals surface area contributed by atoms with E-state index in [1.807, 2.05) is 12.1 Å². The topological polar surface area (TPSA) is 27.0 Å². The molecular formula is C22H24N2. The van der Waals surface area contributed by atoms with Gasteiger partial charge in [0.1, 0.15) is 0 Å². The third kappa shape index (κ3) is 3.36. The zero-order valence-corrected chi connectivity index (χ0v) is 14.5. The molecule has 2 aromatic rings. The smallest absolute Gasteiger partial charge is 0.0991 e. The quantitative estimate of drug-likeness (QED) is 0.794. The highest BCUT2D eigenvalue weighted by atomic mass is 15.1. The Kier molecular flexibility index (Phi) is 4.71. The first-order valence-corrected chi connectivity index (χ1v) is 8.60. The van der Waals surface area contributed by atoms with Gasteiger partial charge in [0, 0.05) is 24.4 Å². The Bertz CT molecular complexity index is 773. The lowest BCUT2D eigenvalue weighted by molar-refractivity contribution is 0.299. The van der Waals surface area contributed by atoms with Gasteiger partial charge < -0.3 is 4.90 Å². The second-order valence-electron chi connectivity index (χ2n) is 6.76. The molecule has 3 rings (SSSR count). The molecule has 0 bridgehead atoms. The summed E-state index contributed by atoms with van der Waals surface area (Å²) in [5.41, 5.74) is 7.08. The summed E-state index contributed by atoms with van der Waals surface area (Å²) in [6.45, 7) is 10.7. The van der Waals surface area contributed by atoms with Crippen LogP contribution >= 0.6 is 0 Å². The molecule has 1 saturated heterocycles. The standard InChI is InChI=1S/C22H24N2/c1-16-4-5-17(2)22(14-16)18(3)24-12-10-21(11-13-24)20-8-6-19(15-23)7-9-20/h4-9,14,21H,3,10-13H2,1-2H3. The molecule has 1 aliphatic rings. The van der Waals surface area contributed by atoms with Crippen LogP contribution in [0.3, 0.4) is 0 Å². The van der Waals surface area contributed by atoms with Crippen molar-refractivity contribution >= 4 is 5.70 Å². The van der Waals surface area contributed by atoms with E-state index in [1.54, 1.807) is 0 Å². The maximum Gasteiger partial charge on any atom is 0.0991 e. The van der Waals surface area contributed by atoms with Crippen LogP contribution in [0.5, 0.6) is 0 Å². The summed E-state index contributed by atoms with van der Waals surface area (Å²) in [6.07, 6.45) is 2.27. The fourth-order valence-corrected chi connectivity index (χ4v) is 3.53. The van der Waals surface area contributed by atoms with Gasteiger partial charge in [0.2, 0.25) is 0 Å². The highest BCUT2D eigenvalue weighted by Crippen LogP contribution is 2.32. The highest BCUT2D eigenvalue weighted by molar-refractivity contribution is 5.65. The normalized spacial score (nSPS) is 15.1. The first-order chi connectivity index (χ1) is 11.6. The lowest BCUT2D eigenvalue weighted by Gasteiger charge is -2.35. The van der Waals surface area contributed by atoms with E-state index in [9.17, 15) is 0 Å². The molecule has 0 amide bonds. The summed E-state index contributed by atoms with van der Waals surface area (Å²) in [7, 11) is 0. The van der Waals surface area contributed by atoms with Crippen molar-refractivity contribution in [1.82, 2.24) is 4.90 Å². The van der Waals surface area contributed by atoms with E-state index in [0.717, 1.165) is 37.2 Å². The Morgan fingerprint density at radius 2 is 1.75 bits per heavy atom. The van der Waals surface area contributed by atoms with Gasteiger partial charge in [-0.3, -0.25) is 0 Å². The second-order valence-corrected chi connectivity index (χ2v) is 6.76. The van der Waals surface area contributed by atoms with Gasteiger partial charge >= 0.3 is 0 Å².